The van der Waals surface area contributed by atoms with Crippen LogP contribution in [0.15, 0.2) is 24.4 Å². The average Bonchev–Trinajstić information content (AvgIpc) is 2.23. The lowest BCUT2D eigenvalue weighted by Crippen LogP contribution is -1.99. The van der Waals surface area contributed by atoms with Crippen molar-refractivity contribution in [3.63, 3.8) is 0 Å². The molecule has 3 nitrogen and oxygen atoms in total. The van der Waals surface area contributed by atoms with Crippen LogP contribution in [0.1, 0.15) is 0 Å². The number of hydrogen-bond acceptors (Lipinski definition) is 3. The van der Waals surface area contributed by atoms with Gasteiger partial charge in [0.05, 0.1) is 16.2 Å². The van der Waals surface area contributed by atoms with Crippen molar-refractivity contribution in [3.05, 3.63) is 38.1 Å². The summed E-state index contributed by atoms with van der Waals surface area (Å²) in [7, 11) is 0. The highest BCUT2D eigenvalue weighted by molar-refractivity contribution is 14.1. The number of nitrogens with zero attached hydrogens (tertiary/aromatic N) is 2. The molecule has 0 spiro atoms. The molecule has 0 saturated carbocycles. The Morgan fingerprint density at radius 2 is 2.00 bits per heavy atom. The summed E-state index contributed by atoms with van der Waals surface area (Å²) >= 11 is 14.1. The van der Waals surface area contributed by atoms with Gasteiger partial charge in [0.1, 0.15) is 9.39 Å². The number of aromatic nitrogens is 2. The van der Waals surface area contributed by atoms with Crippen LogP contribution in [0.4, 0.5) is 5.82 Å². The summed E-state index contributed by atoms with van der Waals surface area (Å²) in [5.74, 6) is 0.344. The van der Waals surface area contributed by atoms with Crippen LogP contribution in [0.3, 0.4) is 0 Å². The molecule has 0 aliphatic heterocycles. The minimum Gasteiger partial charge on any atom is -0.382 e. The second-order valence-corrected chi connectivity index (χ2v) is 4.92. The maximum Gasteiger partial charge on any atom is 0.151 e. The lowest BCUT2D eigenvalue weighted by Gasteiger charge is -2.07. The fourth-order valence-corrected chi connectivity index (χ4v) is 2.06. The van der Waals surface area contributed by atoms with Crippen molar-refractivity contribution in [2.75, 3.05) is 5.73 Å². The summed E-state index contributed by atoms with van der Waals surface area (Å²) in [6, 6.07) is 5.31. The molecule has 0 atom stereocenters. The number of halogens is 3. The average molecular weight is 366 g/mol. The summed E-state index contributed by atoms with van der Waals surface area (Å²) in [5.41, 5.74) is 7.03. The highest BCUT2D eigenvalue weighted by Gasteiger charge is 2.11. The van der Waals surface area contributed by atoms with Crippen molar-refractivity contribution >= 4 is 51.6 Å². The predicted octanol–water partition coefficient (Wildman–Crippen LogP) is 3.64. The topological polar surface area (TPSA) is 51.8 Å². The number of nitrogen functional groups attached to an aromatic ring is 1. The van der Waals surface area contributed by atoms with Crippen molar-refractivity contribution in [3.8, 4) is 11.3 Å². The molecule has 1 heterocycles. The van der Waals surface area contributed by atoms with Gasteiger partial charge in [-0.2, -0.15) is 0 Å². The van der Waals surface area contributed by atoms with Crippen LogP contribution in [0.2, 0.25) is 10.0 Å². The number of anilines is 1. The first-order valence-electron chi connectivity index (χ1n) is 4.32. The number of hydrogen-bond donors (Lipinski definition) is 1. The molecule has 6 heteroatoms. The van der Waals surface area contributed by atoms with Gasteiger partial charge in [-0.3, -0.25) is 0 Å². The van der Waals surface area contributed by atoms with Gasteiger partial charge in [-0.25, -0.2) is 9.97 Å². The van der Waals surface area contributed by atoms with E-state index in [0.717, 1.165) is 3.70 Å². The number of rotatable bonds is 1. The Morgan fingerprint density at radius 3 is 2.69 bits per heavy atom. The van der Waals surface area contributed by atoms with Crippen LogP contribution < -0.4 is 5.73 Å². The molecule has 0 fully saturated rings. The van der Waals surface area contributed by atoms with Gasteiger partial charge in [0.25, 0.3) is 0 Å². The van der Waals surface area contributed by atoms with Gasteiger partial charge in [-0.15, -0.1) is 0 Å². The zero-order valence-corrected chi connectivity index (χ0v) is 11.6. The first-order chi connectivity index (χ1) is 7.59. The van der Waals surface area contributed by atoms with E-state index in [2.05, 4.69) is 9.97 Å². The zero-order valence-electron chi connectivity index (χ0n) is 7.92. The smallest absolute Gasteiger partial charge is 0.151 e. The monoisotopic (exact) mass is 365 g/mol. The van der Waals surface area contributed by atoms with Crippen LogP contribution in [-0.4, -0.2) is 9.97 Å². The Bertz CT molecular complexity index is 546. The fraction of sp³-hybridized carbons (Fsp3) is 0. The Kier molecular flexibility index (Phi) is 3.51. The van der Waals surface area contributed by atoms with Crippen molar-refractivity contribution < 1.29 is 0 Å². The summed E-state index contributed by atoms with van der Waals surface area (Å²) in [6.45, 7) is 0. The molecule has 0 unspecified atom stereocenters. The molecule has 0 radical (unpaired) electrons. The Balaban J connectivity index is 2.63. The SMILES string of the molecule is Nc1nc(I)cnc1-c1cccc(Cl)c1Cl. The van der Waals surface area contributed by atoms with E-state index in [1.165, 1.54) is 0 Å². The molecule has 0 aliphatic carbocycles. The van der Waals surface area contributed by atoms with Crippen molar-refractivity contribution in [2.24, 2.45) is 0 Å². The van der Waals surface area contributed by atoms with E-state index in [1.807, 2.05) is 22.6 Å². The van der Waals surface area contributed by atoms with E-state index in [4.69, 9.17) is 28.9 Å². The van der Waals surface area contributed by atoms with Gasteiger partial charge in [-0.1, -0.05) is 35.3 Å². The molecule has 1 aromatic carbocycles. The number of benzene rings is 1. The molecule has 82 valence electrons. The van der Waals surface area contributed by atoms with Crippen molar-refractivity contribution in [2.45, 2.75) is 0 Å². The molecule has 0 saturated heterocycles. The highest BCUT2D eigenvalue weighted by atomic mass is 127. The van der Waals surface area contributed by atoms with Crippen molar-refractivity contribution in [1.82, 2.24) is 9.97 Å². The Hall–Kier alpha value is -0.590. The van der Waals surface area contributed by atoms with Gasteiger partial charge in [0, 0.05) is 5.56 Å². The molecular weight excluding hydrogens is 360 g/mol. The lowest BCUT2D eigenvalue weighted by molar-refractivity contribution is 1.18. The minimum atomic E-state index is 0.344. The van der Waals surface area contributed by atoms with Crippen LogP contribution >= 0.6 is 45.8 Å². The molecule has 16 heavy (non-hydrogen) atoms. The maximum absolute atomic E-state index is 6.08. The van der Waals surface area contributed by atoms with Gasteiger partial charge in [-0.05, 0) is 28.7 Å². The third kappa shape index (κ3) is 2.23. The van der Waals surface area contributed by atoms with Crippen LogP contribution in [0, 0.1) is 3.70 Å². The van der Waals surface area contributed by atoms with E-state index in [1.54, 1.807) is 24.4 Å². The van der Waals surface area contributed by atoms with Gasteiger partial charge in [0.15, 0.2) is 5.82 Å². The molecule has 0 bridgehead atoms. The molecule has 2 aromatic rings. The molecule has 2 N–H and O–H groups in total. The van der Waals surface area contributed by atoms with E-state index >= 15 is 0 Å². The minimum absolute atomic E-state index is 0.344. The predicted molar refractivity (Wildman–Crippen MR) is 74.6 cm³/mol. The van der Waals surface area contributed by atoms with Crippen molar-refractivity contribution in [1.29, 1.82) is 0 Å². The Morgan fingerprint density at radius 1 is 1.25 bits per heavy atom. The molecule has 2 rings (SSSR count). The zero-order chi connectivity index (χ0) is 11.7. The first kappa shape index (κ1) is 11.9. The fourth-order valence-electron chi connectivity index (χ4n) is 1.28. The summed E-state index contributed by atoms with van der Waals surface area (Å²) in [6.07, 6.45) is 1.63. The van der Waals surface area contributed by atoms with E-state index in [9.17, 15) is 0 Å². The lowest BCUT2D eigenvalue weighted by atomic mass is 10.1. The molecular formula is C10H6Cl2IN3. The quantitative estimate of drug-likeness (QED) is 0.785. The van der Waals surface area contributed by atoms with E-state index in [-0.39, 0.29) is 0 Å². The van der Waals surface area contributed by atoms with Gasteiger partial charge >= 0.3 is 0 Å². The maximum atomic E-state index is 6.08. The molecule has 0 amide bonds. The van der Waals surface area contributed by atoms with Crippen LogP contribution in [-0.2, 0) is 0 Å². The molecule has 1 aromatic heterocycles. The second kappa shape index (κ2) is 4.73. The highest BCUT2D eigenvalue weighted by Crippen LogP contribution is 2.34. The van der Waals surface area contributed by atoms with Gasteiger partial charge in [0.2, 0.25) is 0 Å². The molecule has 0 aliphatic rings. The summed E-state index contributed by atoms with van der Waals surface area (Å²) in [4.78, 5) is 8.33. The second-order valence-electron chi connectivity index (χ2n) is 3.03. The van der Waals surface area contributed by atoms with Crippen LogP contribution in [0.5, 0.6) is 0 Å². The number of nitrogens with two attached hydrogens (primary N) is 1. The van der Waals surface area contributed by atoms with Crippen LogP contribution in [0.25, 0.3) is 11.3 Å². The van der Waals surface area contributed by atoms with E-state index in [0.29, 0.717) is 27.1 Å². The normalized spacial score (nSPS) is 10.4. The third-order valence-electron chi connectivity index (χ3n) is 1.98. The van der Waals surface area contributed by atoms with Gasteiger partial charge < -0.3 is 5.73 Å². The first-order valence-corrected chi connectivity index (χ1v) is 6.15. The summed E-state index contributed by atoms with van der Waals surface area (Å²) < 4.78 is 0.733. The largest absolute Gasteiger partial charge is 0.382 e. The standard InChI is InChI=1S/C10H6Cl2IN3/c11-6-3-1-2-5(8(6)12)9-10(14)16-7(13)4-15-9/h1-4H,(H2,14,16). The summed E-state index contributed by atoms with van der Waals surface area (Å²) in [5, 5.41) is 0.908. The third-order valence-corrected chi connectivity index (χ3v) is 3.32. The Labute approximate surface area is 116 Å². The van der Waals surface area contributed by atoms with E-state index < -0.39 is 0 Å².